The number of anilines is 1. The van der Waals surface area contributed by atoms with Crippen molar-refractivity contribution in [2.45, 2.75) is 32.0 Å². The minimum Gasteiger partial charge on any atom is -0.480 e. The van der Waals surface area contributed by atoms with E-state index in [0.717, 1.165) is 0 Å². The monoisotopic (exact) mass is 313 g/mol. The summed E-state index contributed by atoms with van der Waals surface area (Å²) in [5.41, 5.74) is -2.15. The zero-order valence-electron chi connectivity index (χ0n) is 11.3. The Morgan fingerprint density at radius 1 is 1.55 bits per heavy atom. The van der Waals surface area contributed by atoms with Gasteiger partial charge in [-0.15, -0.1) is 0 Å². The van der Waals surface area contributed by atoms with Crippen LogP contribution in [0.25, 0.3) is 0 Å². The van der Waals surface area contributed by atoms with Crippen molar-refractivity contribution >= 4 is 17.7 Å². The van der Waals surface area contributed by atoms with Crippen molar-refractivity contribution in [3.8, 4) is 6.07 Å². The van der Waals surface area contributed by atoms with Crippen LogP contribution in [-0.2, 0) is 15.8 Å². The first-order valence-corrected chi connectivity index (χ1v) is 6.20. The van der Waals surface area contributed by atoms with Gasteiger partial charge in [0.15, 0.2) is 5.82 Å². The molecule has 0 saturated carbocycles. The molecule has 6 nitrogen and oxygen atoms in total. The van der Waals surface area contributed by atoms with E-state index in [1.807, 2.05) is 0 Å². The van der Waals surface area contributed by atoms with E-state index in [1.165, 1.54) is 13.0 Å². The number of hydrogen-bond donors (Lipinski definition) is 1. The molecule has 116 valence electrons. The van der Waals surface area contributed by atoms with E-state index in [9.17, 15) is 22.8 Å². The number of alkyl halides is 3. The van der Waals surface area contributed by atoms with Crippen molar-refractivity contribution in [2.75, 3.05) is 4.90 Å². The quantitative estimate of drug-likeness (QED) is 0.899. The van der Waals surface area contributed by atoms with E-state index in [2.05, 4.69) is 4.98 Å². The molecule has 0 radical (unpaired) electrons. The number of hydrogen-bond acceptors (Lipinski definition) is 4. The van der Waals surface area contributed by atoms with Gasteiger partial charge in [-0.2, -0.15) is 18.4 Å². The molecule has 1 amide bonds. The van der Waals surface area contributed by atoms with E-state index >= 15 is 0 Å². The van der Waals surface area contributed by atoms with Crippen LogP contribution in [0.5, 0.6) is 0 Å². The van der Waals surface area contributed by atoms with Gasteiger partial charge >= 0.3 is 12.1 Å². The zero-order chi connectivity index (χ0) is 16.7. The Morgan fingerprint density at radius 2 is 2.18 bits per heavy atom. The molecular weight excluding hydrogens is 303 g/mol. The van der Waals surface area contributed by atoms with Crippen LogP contribution in [0.15, 0.2) is 6.07 Å². The fourth-order valence-corrected chi connectivity index (χ4v) is 2.35. The minimum absolute atomic E-state index is 0.0456. The number of carboxylic acid groups (broad SMARTS) is 1. The van der Waals surface area contributed by atoms with Gasteiger partial charge in [-0.05, 0) is 19.4 Å². The van der Waals surface area contributed by atoms with Crippen LogP contribution in [0, 0.1) is 18.3 Å². The lowest BCUT2D eigenvalue weighted by Crippen LogP contribution is -2.40. The third kappa shape index (κ3) is 2.59. The highest BCUT2D eigenvalue weighted by atomic mass is 19.4. The number of nitriles is 1. The standard InChI is InChI=1S/C13H10F3N3O3/c1-6-4-8(13(14,15)16)7(5-17)11(18-6)19-9(12(21)22)2-3-10(19)20/h4,9H,2-3H2,1H3,(H,21,22). The topological polar surface area (TPSA) is 94.3 Å². The Labute approximate surface area is 122 Å². The van der Waals surface area contributed by atoms with Crippen LogP contribution in [0.4, 0.5) is 19.0 Å². The first kappa shape index (κ1) is 15.8. The first-order chi connectivity index (χ1) is 10.2. The molecule has 2 rings (SSSR count). The molecule has 1 saturated heterocycles. The number of carbonyl (C=O) groups is 2. The summed E-state index contributed by atoms with van der Waals surface area (Å²) < 4.78 is 39.1. The summed E-state index contributed by atoms with van der Waals surface area (Å²) in [6.07, 6.45) is -4.98. The van der Waals surface area contributed by atoms with Crippen LogP contribution in [-0.4, -0.2) is 28.0 Å². The molecule has 1 atom stereocenters. The number of aliphatic carboxylic acids is 1. The molecule has 2 heterocycles. The molecule has 1 aliphatic heterocycles. The first-order valence-electron chi connectivity index (χ1n) is 6.20. The number of carboxylic acids is 1. The Morgan fingerprint density at radius 3 is 2.68 bits per heavy atom. The highest BCUT2D eigenvalue weighted by molar-refractivity contribution is 6.02. The fraction of sp³-hybridized carbons (Fsp3) is 0.385. The Balaban J connectivity index is 2.70. The lowest BCUT2D eigenvalue weighted by Gasteiger charge is -2.23. The average Bonchev–Trinajstić information content (AvgIpc) is 2.78. The van der Waals surface area contributed by atoms with E-state index in [0.29, 0.717) is 11.0 Å². The predicted molar refractivity (Wildman–Crippen MR) is 66.8 cm³/mol. The van der Waals surface area contributed by atoms with E-state index in [1.54, 1.807) is 0 Å². The molecule has 1 unspecified atom stereocenters. The predicted octanol–water partition coefficient (Wildman–Crippen LogP) is 1.86. The third-order valence-corrected chi connectivity index (χ3v) is 3.27. The lowest BCUT2D eigenvalue weighted by molar-refractivity contribution is -0.139. The summed E-state index contributed by atoms with van der Waals surface area (Å²) in [4.78, 5) is 27.5. The van der Waals surface area contributed by atoms with Gasteiger partial charge < -0.3 is 5.11 Å². The maximum absolute atomic E-state index is 13.0. The van der Waals surface area contributed by atoms with Crippen molar-refractivity contribution in [2.24, 2.45) is 0 Å². The zero-order valence-corrected chi connectivity index (χ0v) is 11.3. The summed E-state index contributed by atoms with van der Waals surface area (Å²) in [5, 5.41) is 18.1. The highest BCUT2D eigenvalue weighted by Crippen LogP contribution is 2.37. The molecule has 1 N–H and O–H groups in total. The molecule has 0 spiro atoms. The second kappa shape index (κ2) is 5.29. The number of halogens is 3. The number of nitrogens with zero attached hydrogens (tertiary/aromatic N) is 3. The van der Waals surface area contributed by atoms with Gasteiger partial charge in [0, 0.05) is 12.1 Å². The van der Waals surface area contributed by atoms with Gasteiger partial charge in [-0.25, -0.2) is 9.78 Å². The molecule has 1 aromatic heterocycles. The SMILES string of the molecule is Cc1cc(C(F)(F)F)c(C#N)c(N2C(=O)CCC2C(=O)O)n1. The molecule has 22 heavy (non-hydrogen) atoms. The summed E-state index contributed by atoms with van der Waals surface area (Å²) in [6.45, 7) is 1.27. The molecule has 1 aromatic rings. The number of aryl methyl sites for hydroxylation is 1. The van der Waals surface area contributed by atoms with Crippen molar-refractivity contribution in [3.05, 3.63) is 22.9 Å². The minimum atomic E-state index is -4.81. The fourth-order valence-electron chi connectivity index (χ4n) is 2.35. The maximum Gasteiger partial charge on any atom is 0.417 e. The lowest BCUT2D eigenvalue weighted by atomic mass is 10.1. The smallest absolute Gasteiger partial charge is 0.417 e. The number of amides is 1. The molecule has 0 bridgehead atoms. The molecule has 0 aromatic carbocycles. The molecule has 9 heteroatoms. The van der Waals surface area contributed by atoms with Crippen LogP contribution in [0.2, 0.25) is 0 Å². The third-order valence-electron chi connectivity index (χ3n) is 3.27. The van der Waals surface area contributed by atoms with Crippen molar-refractivity contribution in [3.63, 3.8) is 0 Å². The van der Waals surface area contributed by atoms with E-state index < -0.39 is 41.0 Å². The highest BCUT2D eigenvalue weighted by Gasteiger charge is 2.42. The maximum atomic E-state index is 13.0. The molecular formula is C13H10F3N3O3. The number of rotatable bonds is 2. The van der Waals surface area contributed by atoms with E-state index in [4.69, 9.17) is 10.4 Å². The summed E-state index contributed by atoms with van der Waals surface area (Å²) in [6, 6.07) is 0.754. The van der Waals surface area contributed by atoms with E-state index in [-0.39, 0.29) is 18.5 Å². The summed E-state index contributed by atoms with van der Waals surface area (Å²) in [7, 11) is 0. The van der Waals surface area contributed by atoms with Gasteiger partial charge in [0.05, 0.1) is 5.56 Å². The Kier molecular flexibility index (Phi) is 3.79. The van der Waals surface area contributed by atoms with Crippen molar-refractivity contribution in [1.82, 2.24) is 4.98 Å². The van der Waals surface area contributed by atoms with Gasteiger partial charge in [0.2, 0.25) is 5.91 Å². The molecule has 1 aliphatic rings. The molecule has 0 aliphatic carbocycles. The largest absolute Gasteiger partial charge is 0.480 e. The summed E-state index contributed by atoms with van der Waals surface area (Å²) >= 11 is 0. The number of carbonyl (C=O) groups excluding carboxylic acids is 1. The number of pyridine rings is 1. The van der Waals surface area contributed by atoms with Crippen molar-refractivity contribution < 1.29 is 27.9 Å². The van der Waals surface area contributed by atoms with Crippen LogP contribution in [0.3, 0.4) is 0 Å². The second-order valence-electron chi connectivity index (χ2n) is 4.78. The normalized spacial score (nSPS) is 18.4. The van der Waals surface area contributed by atoms with Gasteiger partial charge in [-0.1, -0.05) is 0 Å². The van der Waals surface area contributed by atoms with Gasteiger partial charge in [-0.3, -0.25) is 9.69 Å². The van der Waals surface area contributed by atoms with Gasteiger partial charge in [0.25, 0.3) is 0 Å². The number of aromatic nitrogens is 1. The van der Waals surface area contributed by atoms with Crippen LogP contribution >= 0.6 is 0 Å². The van der Waals surface area contributed by atoms with Crippen molar-refractivity contribution in [1.29, 1.82) is 5.26 Å². The Hall–Kier alpha value is -2.63. The summed E-state index contributed by atoms with van der Waals surface area (Å²) in [5.74, 6) is -2.58. The molecule has 1 fully saturated rings. The van der Waals surface area contributed by atoms with Crippen LogP contribution in [0.1, 0.15) is 29.7 Å². The van der Waals surface area contributed by atoms with Gasteiger partial charge in [0.1, 0.15) is 17.7 Å². The second-order valence-corrected chi connectivity index (χ2v) is 4.78. The average molecular weight is 313 g/mol. The van der Waals surface area contributed by atoms with Crippen LogP contribution < -0.4 is 4.90 Å². The Bertz CT molecular complexity index is 694.